The highest BCUT2D eigenvalue weighted by molar-refractivity contribution is 7.89. The van der Waals surface area contributed by atoms with Crippen molar-refractivity contribution in [3.8, 4) is 17.2 Å². The van der Waals surface area contributed by atoms with Crippen molar-refractivity contribution in [2.75, 3.05) is 19.0 Å². The van der Waals surface area contributed by atoms with Gasteiger partial charge in [-0.05, 0) is 30.3 Å². The minimum absolute atomic E-state index is 0.00417. The third kappa shape index (κ3) is 4.75. The largest absolute Gasteiger partial charge is 0.586 e. The number of fused-ring (bicyclic) bond motifs is 1. The summed E-state index contributed by atoms with van der Waals surface area (Å²) in [5, 5.41) is 7.36. The molecule has 0 saturated carbocycles. The summed E-state index contributed by atoms with van der Waals surface area (Å²) in [5.74, 6) is -2.32. The summed E-state index contributed by atoms with van der Waals surface area (Å²) in [6.07, 6.45) is -3.80. The van der Waals surface area contributed by atoms with E-state index in [0.717, 1.165) is 18.2 Å². The number of halogens is 2. The van der Waals surface area contributed by atoms with Crippen LogP contribution < -0.4 is 24.7 Å². The highest BCUT2D eigenvalue weighted by atomic mass is 32.2. The maximum atomic E-state index is 13.0. The van der Waals surface area contributed by atoms with Crippen molar-refractivity contribution in [1.29, 1.82) is 0 Å². The third-order valence-corrected chi connectivity index (χ3v) is 4.65. The zero-order chi connectivity index (χ0) is 22.1. The van der Waals surface area contributed by atoms with Crippen LogP contribution in [0.4, 0.5) is 14.5 Å². The first kappa shape index (κ1) is 21.3. The molecule has 0 saturated heterocycles. The van der Waals surface area contributed by atoms with Crippen molar-refractivity contribution in [2.24, 2.45) is 5.14 Å². The van der Waals surface area contributed by atoms with E-state index in [4.69, 9.17) is 14.6 Å². The van der Waals surface area contributed by atoms with E-state index in [1.807, 2.05) is 0 Å². The number of primary sulfonamides is 1. The Hall–Kier alpha value is -3.45. The van der Waals surface area contributed by atoms with Crippen molar-refractivity contribution in [2.45, 2.75) is 11.2 Å². The number of hydrogen-bond acceptors (Lipinski definition) is 8. The molecule has 3 rings (SSSR count). The fourth-order valence-corrected chi connectivity index (χ4v) is 3.00. The molecule has 1 aliphatic heterocycles. The molecular formula is C17H14F2N2O8S. The molecule has 0 radical (unpaired) electrons. The third-order valence-electron chi connectivity index (χ3n) is 3.74. The lowest BCUT2D eigenvalue weighted by Crippen LogP contribution is -2.25. The zero-order valence-electron chi connectivity index (χ0n) is 15.2. The molecule has 1 aliphatic rings. The summed E-state index contributed by atoms with van der Waals surface area (Å²) < 4.78 is 67.3. The molecule has 0 bridgehead atoms. The number of nitrogens with two attached hydrogens (primary N) is 1. The lowest BCUT2D eigenvalue weighted by molar-refractivity contribution is -0.286. The fraction of sp³-hybridized carbons (Fsp3) is 0.176. The molecule has 0 spiro atoms. The van der Waals surface area contributed by atoms with Gasteiger partial charge >= 0.3 is 12.3 Å². The molecular weight excluding hydrogens is 430 g/mol. The first-order valence-electron chi connectivity index (χ1n) is 8.06. The average molecular weight is 444 g/mol. The molecule has 2 aromatic carbocycles. The maximum Gasteiger partial charge on any atom is 0.586 e. The van der Waals surface area contributed by atoms with Crippen LogP contribution in [0.25, 0.3) is 0 Å². The van der Waals surface area contributed by atoms with E-state index in [-0.39, 0.29) is 33.4 Å². The summed E-state index contributed by atoms with van der Waals surface area (Å²) in [5.41, 5.74) is -0.174. The number of rotatable bonds is 6. The minimum atomic E-state index is -4.09. The molecule has 0 aliphatic carbocycles. The van der Waals surface area contributed by atoms with Crippen LogP contribution in [-0.2, 0) is 19.6 Å². The topological polar surface area (TPSA) is 143 Å². The number of nitrogens with one attached hydrogen (secondary N) is 1. The average Bonchev–Trinajstić information content (AvgIpc) is 2.97. The van der Waals surface area contributed by atoms with E-state index in [1.54, 1.807) is 0 Å². The SMILES string of the molecule is COc1ccc(S(N)(=O)=O)cc1C(=O)OCC(=O)Nc1ccc2c(c1)OC(F)(F)O2. The molecule has 0 aromatic heterocycles. The monoisotopic (exact) mass is 444 g/mol. The van der Waals surface area contributed by atoms with E-state index in [2.05, 4.69) is 14.8 Å². The Labute approximate surface area is 168 Å². The summed E-state index contributed by atoms with van der Waals surface area (Å²) in [7, 11) is -2.84. The molecule has 10 nitrogen and oxygen atoms in total. The van der Waals surface area contributed by atoms with Crippen LogP contribution in [0.15, 0.2) is 41.3 Å². The standard InChI is InChI=1S/C17H14F2N2O8S/c1-26-12-5-3-10(30(20,24)25)7-11(12)16(23)27-8-15(22)21-9-2-4-13-14(6-9)29-17(18,19)28-13/h2-7H,8H2,1H3,(H,21,22)(H2,20,24,25). The van der Waals surface area contributed by atoms with Crippen LogP contribution in [0.5, 0.6) is 17.2 Å². The Kier molecular flexibility index (Phi) is 5.50. The second-order valence-electron chi connectivity index (χ2n) is 5.86. The molecule has 1 amide bonds. The van der Waals surface area contributed by atoms with Crippen molar-refractivity contribution in [3.05, 3.63) is 42.0 Å². The molecule has 0 unspecified atom stereocenters. The van der Waals surface area contributed by atoms with Crippen molar-refractivity contribution in [3.63, 3.8) is 0 Å². The number of amides is 1. The highest BCUT2D eigenvalue weighted by Gasteiger charge is 2.43. The van der Waals surface area contributed by atoms with Crippen LogP contribution in [0, 0.1) is 0 Å². The number of hydrogen-bond donors (Lipinski definition) is 2. The Morgan fingerprint density at radius 2 is 1.83 bits per heavy atom. The second kappa shape index (κ2) is 7.76. The number of benzene rings is 2. The number of carbonyl (C=O) groups excluding carboxylic acids is 2. The van der Waals surface area contributed by atoms with Gasteiger partial charge in [-0.15, -0.1) is 8.78 Å². The molecule has 3 N–H and O–H groups in total. The first-order valence-corrected chi connectivity index (χ1v) is 9.61. The van der Waals surface area contributed by atoms with Gasteiger partial charge in [0.1, 0.15) is 11.3 Å². The van der Waals surface area contributed by atoms with Crippen LogP contribution in [0.3, 0.4) is 0 Å². The molecule has 0 atom stereocenters. The van der Waals surface area contributed by atoms with Crippen molar-refractivity contribution < 1.29 is 45.7 Å². The van der Waals surface area contributed by atoms with Gasteiger partial charge in [-0.3, -0.25) is 4.79 Å². The van der Waals surface area contributed by atoms with Crippen molar-refractivity contribution >= 4 is 27.6 Å². The Bertz CT molecular complexity index is 1120. The summed E-state index contributed by atoms with van der Waals surface area (Å²) >= 11 is 0. The second-order valence-corrected chi connectivity index (χ2v) is 7.42. The van der Waals surface area contributed by atoms with Crippen LogP contribution >= 0.6 is 0 Å². The number of sulfonamides is 1. The summed E-state index contributed by atoms with van der Waals surface area (Å²) in [6.45, 7) is -0.758. The molecule has 1 heterocycles. The zero-order valence-corrected chi connectivity index (χ0v) is 16.0. The normalized spacial score (nSPS) is 14.1. The Morgan fingerprint density at radius 3 is 2.50 bits per heavy atom. The number of esters is 1. The lowest BCUT2D eigenvalue weighted by atomic mass is 10.2. The number of carbonyl (C=O) groups is 2. The van der Waals surface area contributed by atoms with Gasteiger partial charge in [0.2, 0.25) is 10.0 Å². The molecule has 160 valence electrons. The van der Waals surface area contributed by atoms with E-state index in [9.17, 15) is 26.8 Å². The maximum absolute atomic E-state index is 13.0. The highest BCUT2D eigenvalue weighted by Crippen LogP contribution is 2.42. The number of anilines is 1. The van der Waals surface area contributed by atoms with Crippen LogP contribution in [0.1, 0.15) is 10.4 Å². The van der Waals surface area contributed by atoms with Gasteiger partial charge in [-0.2, -0.15) is 0 Å². The number of methoxy groups -OCH3 is 1. The first-order chi connectivity index (χ1) is 14.0. The van der Waals surface area contributed by atoms with Gasteiger partial charge in [-0.25, -0.2) is 18.4 Å². The van der Waals surface area contributed by atoms with Gasteiger partial charge in [0.15, 0.2) is 18.1 Å². The fourth-order valence-electron chi connectivity index (χ4n) is 2.46. The summed E-state index contributed by atoms with van der Waals surface area (Å²) in [6, 6.07) is 6.85. The smallest absolute Gasteiger partial charge is 0.496 e. The van der Waals surface area contributed by atoms with Crippen LogP contribution in [-0.4, -0.2) is 40.3 Å². The molecule has 30 heavy (non-hydrogen) atoms. The number of ether oxygens (including phenoxy) is 4. The van der Waals surface area contributed by atoms with Crippen LogP contribution in [0.2, 0.25) is 0 Å². The lowest BCUT2D eigenvalue weighted by Gasteiger charge is -2.10. The minimum Gasteiger partial charge on any atom is -0.496 e. The van der Waals surface area contributed by atoms with Gasteiger partial charge in [0, 0.05) is 11.8 Å². The van der Waals surface area contributed by atoms with Gasteiger partial charge in [-0.1, -0.05) is 0 Å². The predicted octanol–water partition coefficient (Wildman–Crippen LogP) is 1.46. The van der Waals surface area contributed by atoms with E-state index >= 15 is 0 Å². The van der Waals surface area contributed by atoms with Gasteiger partial charge in [0.05, 0.1) is 12.0 Å². The van der Waals surface area contributed by atoms with E-state index < -0.39 is 34.8 Å². The Morgan fingerprint density at radius 1 is 1.13 bits per heavy atom. The van der Waals surface area contributed by atoms with Gasteiger partial charge in [0.25, 0.3) is 5.91 Å². The van der Waals surface area contributed by atoms with E-state index in [0.29, 0.717) is 0 Å². The van der Waals surface area contributed by atoms with Crippen molar-refractivity contribution in [1.82, 2.24) is 0 Å². The quantitative estimate of drug-likeness (QED) is 0.638. The molecule has 2 aromatic rings. The van der Waals surface area contributed by atoms with Gasteiger partial charge < -0.3 is 24.3 Å². The predicted molar refractivity (Wildman–Crippen MR) is 95.9 cm³/mol. The molecule has 0 fully saturated rings. The Balaban J connectivity index is 1.65. The summed E-state index contributed by atoms with van der Waals surface area (Å²) in [4.78, 5) is 23.9. The number of alkyl halides is 2. The van der Waals surface area contributed by atoms with E-state index in [1.165, 1.54) is 25.3 Å². The molecule has 13 heteroatoms.